The SMILES string of the molecule is CNS(=O)(=O)c1ccc(NS(=O)(=O)c2ccc(C)c(OCC(=O)O)c2C)cc1. The number of aliphatic carboxylic acids is 1. The van der Waals surface area contributed by atoms with Gasteiger partial charge in [0.2, 0.25) is 10.0 Å². The van der Waals surface area contributed by atoms with Crippen molar-refractivity contribution in [3.63, 3.8) is 0 Å². The van der Waals surface area contributed by atoms with Gasteiger partial charge in [-0.3, -0.25) is 4.72 Å². The fourth-order valence-electron chi connectivity index (χ4n) is 2.49. The molecule has 2 aromatic carbocycles. The summed E-state index contributed by atoms with van der Waals surface area (Å²) in [5.74, 6) is -0.998. The van der Waals surface area contributed by atoms with Crippen molar-refractivity contribution in [2.45, 2.75) is 23.6 Å². The Morgan fingerprint density at radius 2 is 1.61 bits per heavy atom. The summed E-state index contributed by atoms with van der Waals surface area (Å²) in [6.45, 7) is 2.59. The first-order chi connectivity index (χ1) is 13.0. The fraction of sp³-hybridized carbons (Fsp3) is 0.235. The number of carboxylic acids is 1. The van der Waals surface area contributed by atoms with Crippen molar-refractivity contribution in [1.82, 2.24) is 4.72 Å². The molecule has 0 amide bonds. The molecule has 3 N–H and O–H groups in total. The molecule has 152 valence electrons. The Bertz CT molecular complexity index is 1090. The summed E-state index contributed by atoms with van der Waals surface area (Å²) >= 11 is 0. The lowest BCUT2D eigenvalue weighted by atomic mass is 10.1. The predicted octanol–water partition coefficient (Wildman–Crippen LogP) is 1.48. The number of carbonyl (C=O) groups is 1. The number of aryl methyl sites for hydroxylation is 1. The number of benzene rings is 2. The minimum Gasteiger partial charge on any atom is -0.481 e. The van der Waals surface area contributed by atoms with Crippen molar-refractivity contribution in [3.8, 4) is 5.75 Å². The minimum atomic E-state index is -4.02. The molecule has 0 saturated carbocycles. The van der Waals surface area contributed by atoms with Crippen molar-refractivity contribution in [2.24, 2.45) is 0 Å². The molecule has 0 fully saturated rings. The van der Waals surface area contributed by atoms with E-state index in [4.69, 9.17) is 9.84 Å². The summed E-state index contributed by atoms with van der Waals surface area (Å²) < 4.78 is 58.7. The Kier molecular flexibility index (Phi) is 6.32. The average molecular weight is 428 g/mol. The van der Waals surface area contributed by atoms with Crippen LogP contribution < -0.4 is 14.2 Å². The average Bonchev–Trinajstić information content (AvgIpc) is 2.61. The van der Waals surface area contributed by atoms with Gasteiger partial charge in [-0.25, -0.2) is 26.4 Å². The zero-order valence-corrected chi connectivity index (χ0v) is 17.0. The fourth-order valence-corrected chi connectivity index (χ4v) is 4.52. The number of rotatable bonds is 8. The van der Waals surface area contributed by atoms with Crippen LogP contribution in [0.4, 0.5) is 5.69 Å². The predicted molar refractivity (Wildman–Crippen MR) is 103 cm³/mol. The summed E-state index contributed by atoms with van der Waals surface area (Å²) in [4.78, 5) is 10.7. The highest BCUT2D eigenvalue weighted by molar-refractivity contribution is 7.92. The molecule has 0 unspecified atom stereocenters. The van der Waals surface area contributed by atoms with Gasteiger partial charge in [0.1, 0.15) is 5.75 Å². The van der Waals surface area contributed by atoms with Crippen LogP contribution >= 0.6 is 0 Å². The zero-order chi connectivity index (χ0) is 21.1. The van der Waals surface area contributed by atoms with E-state index in [-0.39, 0.29) is 26.8 Å². The first kappa shape index (κ1) is 21.7. The van der Waals surface area contributed by atoms with Crippen molar-refractivity contribution in [2.75, 3.05) is 18.4 Å². The topological polar surface area (TPSA) is 139 Å². The van der Waals surface area contributed by atoms with E-state index >= 15 is 0 Å². The van der Waals surface area contributed by atoms with Gasteiger partial charge in [0.25, 0.3) is 10.0 Å². The van der Waals surface area contributed by atoms with Crippen LogP contribution in [0, 0.1) is 13.8 Å². The van der Waals surface area contributed by atoms with Gasteiger partial charge >= 0.3 is 5.97 Å². The molecule has 28 heavy (non-hydrogen) atoms. The highest BCUT2D eigenvalue weighted by Crippen LogP contribution is 2.30. The van der Waals surface area contributed by atoms with E-state index in [1.165, 1.54) is 50.4 Å². The van der Waals surface area contributed by atoms with Crippen LogP contribution in [-0.2, 0) is 24.8 Å². The maximum absolute atomic E-state index is 12.7. The molecule has 0 saturated heterocycles. The third-order valence-corrected chi connectivity index (χ3v) is 6.82. The normalized spacial score (nSPS) is 11.8. The molecule has 2 rings (SSSR count). The van der Waals surface area contributed by atoms with Gasteiger partial charge in [0.05, 0.1) is 9.79 Å². The Balaban J connectivity index is 2.35. The molecule has 11 heteroatoms. The molecule has 0 aliphatic heterocycles. The molecule has 0 radical (unpaired) electrons. The second-order valence-corrected chi connectivity index (χ2v) is 9.39. The highest BCUT2D eigenvalue weighted by Gasteiger charge is 2.21. The summed E-state index contributed by atoms with van der Waals surface area (Å²) in [6.07, 6.45) is 0. The second kappa shape index (κ2) is 8.17. The van der Waals surface area contributed by atoms with Crippen LogP contribution in [0.3, 0.4) is 0 Å². The first-order valence-corrected chi connectivity index (χ1v) is 11.0. The monoisotopic (exact) mass is 428 g/mol. The molecule has 0 aliphatic rings. The molecule has 0 bridgehead atoms. The van der Waals surface area contributed by atoms with Gasteiger partial charge in [-0.15, -0.1) is 0 Å². The van der Waals surface area contributed by atoms with Gasteiger partial charge in [0, 0.05) is 11.3 Å². The number of ether oxygens (including phenoxy) is 1. The Labute approximate surface area is 163 Å². The number of carboxylic acid groups (broad SMARTS) is 1. The molecular weight excluding hydrogens is 408 g/mol. The molecular formula is C17H20N2O7S2. The Morgan fingerprint density at radius 3 is 2.14 bits per heavy atom. The third-order valence-electron chi connectivity index (χ3n) is 3.87. The van der Waals surface area contributed by atoms with Crippen molar-refractivity contribution < 1.29 is 31.5 Å². The van der Waals surface area contributed by atoms with Gasteiger partial charge in [-0.2, -0.15) is 0 Å². The van der Waals surface area contributed by atoms with Crippen LogP contribution in [0.1, 0.15) is 11.1 Å². The van der Waals surface area contributed by atoms with E-state index in [9.17, 15) is 21.6 Å². The molecule has 0 heterocycles. The lowest BCUT2D eigenvalue weighted by molar-refractivity contribution is -0.139. The van der Waals surface area contributed by atoms with Gasteiger partial charge < -0.3 is 9.84 Å². The van der Waals surface area contributed by atoms with E-state index in [0.29, 0.717) is 5.56 Å². The van der Waals surface area contributed by atoms with Crippen LogP contribution in [0.5, 0.6) is 5.75 Å². The van der Waals surface area contributed by atoms with E-state index in [1.54, 1.807) is 6.92 Å². The van der Waals surface area contributed by atoms with E-state index in [2.05, 4.69) is 9.44 Å². The second-order valence-electron chi connectivity index (χ2n) is 5.85. The molecule has 0 atom stereocenters. The Hall–Kier alpha value is -2.63. The maximum atomic E-state index is 12.7. The number of hydrogen-bond acceptors (Lipinski definition) is 6. The largest absolute Gasteiger partial charge is 0.481 e. The Morgan fingerprint density at radius 1 is 1.00 bits per heavy atom. The highest BCUT2D eigenvalue weighted by atomic mass is 32.2. The van der Waals surface area contributed by atoms with Crippen molar-refractivity contribution in [1.29, 1.82) is 0 Å². The first-order valence-electron chi connectivity index (χ1n) is 7.99. The van der Waals surface area contributed by atoms with Crippen molar-refractivity contribution in [3.05, 3.63) is 47.5 Å². The van der Waals surface area contributed by atoms with Crippen LogP contribution in [0.15, 0.2) is 46.2 Å². The molecule has 2 aromatic rings. The van der Waals surface area contributed by atoms with Gasteiger partial charge in [-0.1, -0.05) is 6.07 Å². The maximum Gasteiger partial charge on any atom is 0.341 e. The molecule has 9 nitrogen and oxygen atoms in total. The molecule has 0 aromatic heterocycles. The number of hydrogen-bond donors (Lipinski definition) is 3. The van der Waals surface area contributed by atoms with Crippen LogP contribution in [-0.4, -0.2) is 41.6 Å². The number of sulfonamides is 2. The minimum absolute atomic E-state index is 0.00572. The van der Waals surface area contributed by atoms with Gasteiger partial charge in [-0.05, 0) is 56.8 Å². The van der Waals surface area contributed by atoms with Gasteiger partial charge in [0.15, 0.2) is 6.61 Å². The quantitative estimate of drug-likeness (QED) is 0.579. The van der Waals surface area contributed by atoms with E-state index < -0.39 is 32.6 Å². The lowest BCUT2D eigenvalue weighted by Gasteiger charge is -2.16. The summed E-state index contributed by atoms with van der Waals surface area (Å²) in [5, 5.41) is 8.78. The van der Waals surface area contributed by atoms with E-state index in [1.807, 2.05) is 0 Å². The molecule has 0 aliphatic carbocycles. The van der Waals surface area contributed by atoms with Crippen LogP contribution in [0.25, 0.3) is 0 Å². The van der Waals surface area contributed by atoms with Crippen molar-refractivity contribution >= 4 is 31.7 Å². The number of anilines is 1. The third kappa shape index (κ3) is 4.80. The summed E-state index contributed by atoms with van der Waals surface area (Å²) in [7, 11) is -6.38. The standard InChI is InChI=1S/C17H20N2O7S2/c1-11-4-9-15(12(2)17(11)26-10-16(20)21)28(24,25)19-13-5-7-14(8-6-13)27(22,23)18-3/h4-9,18-19H,10H2,1-3H3,(H,20,21). The van der Waals surface area contributed by atoms with Crippen LogP contribution in [0.2, 0.25) is 0 Å². The number of nitrogens with one attached hydrogen (secondary N) is 2. The summed E-state index contributed by atoms with van der Waals surface area (Å²) in [5.41, 5.74) is 1.03. The zero-order valence-electron chi connectivity index (χ0n) is 15.4. The smallest absolute Gasteiger partial charge is 0.341 e. The van der Waals surface area contributed by atoms with E-state index in [0.717, 1.165) is 0 Å². The lowest BCUT2D eigenvalue weighted by Crippen LogP contribution is -2.19. The molecule has 0 spiro atoms. The summed E-state index contributed by atoms with van der Waals surface area (Å²) in [6, 6.07) is 8.10.